The maximum absolute atomic E-state index is 4.91. The Bertz CT molecular complexity index is 883. The van der Waals surface area contributed by atoms with Crippen LogP contribution in [0.5, 0.6) is 0 Å². The minimum Gasteiger partial charge on any atom is -0.241 e. The van der Waals surface area contributed by atoms with Gasteiger partial charge in [-0.3, -0.25) is 0 Å². The summed E-state index contributed by atoms with van der Waals surface area (Å²) in [6.07, 6.45) is 0. The largest absolute Gasteiger partial charge is 0.241 e. The van der Waals surface area contributed by atoms with Crippen LogP contribution in [0.1, 0.15) is 12.5 Å². The molecule has 3 rings (SSSR count). The highest BCUT2D eigenvalue weighted by Gasteiger charge is 2.06. The van der Waals surface area contributed by atoms with Crippen LogP contribution in [-0.2, 0) is 0 Å². The van der Waals surface area contributed by atoms with E-state index in [0.717, 1.165) is 16.3 Å². The van der Waals surface area contributed by atoms with Crippen LogP contribution in [0.2, 0.25) is 0 Å². The van der Waals surface area contributed by atoms with Crippen molar-refractivity contribution in [2.75, 3.05) is 0 Å². The fraction of sp³-hybridized carbons (Fsp3) is 0.0870. The Balaban J connectivity index is 1.87. The van der Waals surface area contributed by atoms with Crippen LogP contribution < -0.4 is 0 Å². The molecule has 3 aromatic carbocycles. The highest BCUT2D eigenvalue weighted by Crippen LogP contribution is 2.29. The predicted octanol–water partition coefficient (Wildman–Crippen LogP) is 7.51. The maximum Gasteiger partial charge on any atom is 0.105 e. The number of aryl methyl sites for hydroxylation is 1. The minimum absolute atomic E-state index is 0.978. The average molecular weight is 376 g/mol. The van der Waals surface area contributed by atoms with Crippen molar-refractivity contribution >= 4 is 34.3 Å². The van der Waals surface area contributed by atoms with Gasteiger partial charge in [0.2, 0.25) is 0 Å². The van der Waals surface area contributed by atoms with Crippen molar-refractivity contribution in [1.29, 1.82) is 0 Å². The zero-order chi connectivity index (χ0) is 18.2. The quantitative estimate of drug-likeness (QED) is 0.260. The number of aliphatic imine (C=N–C) groups is 1. The Morgan fingerprint density at radius 2 is 1.35 bits per heavy atom. The minimum atomic E-state index is 0.978. The number of nitrogens with zero attached hydrogens (tertiary/aromatic N) is 1. The van der Waals surface area contributed by atoms with Gasteiger partial charge in [-0.2, -0.15) is 0 Å². The van der Waals surface area contributed by atoms with Crippen molar-refractivity contribution in [3.8, 4) is 0 Å². The van der Waals surface area contributed by atoms with E-state index in [9.17, 15) is 0 Å². The van der Waals surface area contributed by atoms with Gasteiger partial charge in [0.25, 0.3) is 0 Å². The molecule has 26 heavy (non-hydrogen) atoms. The summed E-state index contributed by atoms with van der Waals surface area (Å²) in [5, 5.41) is 3.20. The normalized spacial score (nSPS) is 12.2. The van der Waals surface area contributed by atoms with Crippen molar-refractivity contribution in [2.24, 2.45) is 4.99 Å². The van der Waals surface area contributed by atoms with E-state index < -0.39 is 0 Å². The van der Waals surface area contributed by atoms with Crippen molar-refractivity contribution in [3.63, 3.8) is 0 Å². The number of hydrogen-bond donors (Lipinski definition) is 0. The molecule has 0 aliphatic heterocycles. The first-order valence-corrected chi connectivity index (χ1v) is 10.2. The van der Waals surface area contributed by atoms with Crippen molar-refractivity contribution in [2.45, 2.75) is 23.6 Å². The van der Waals surface area contributed by atoms with E-state index in [1.165, 1.54) is 15.4 Å². The first-order chi connectivity index (χ1) is 12.7. The zero-order valence-corrected chi connectivity index (χ0v) is 16.6. The van der Waals surface area contributed by atoms with E-state index >= 15 is 0 Å². The van der Waals surface area contributed by atoms with Gasteiger partial charge in [-0.15, -0.1) is 0 Å². The van der Waals surface area contributed by atoms with Gasteiger partial charge in [0, 0.05) is 9.79 Å². The number of rotatable bonds is 5. The summed E-state index contributed by atoms with van der Waals surface area (Å²) >= 11 is 3.42. The summed E-state index contributed by atoms with van der Waals surface area (Å²) in [5.74, 6) is 0. The van der Waals surface area contributed by atoms with Gasteiger partial charge >= 0.3 is 0 Å². The third kappa shape index (κ3) is 5.65. The number of benzene rings is 3. The summed E-state index contributed by atoms with van der Waals surface area (Å²) in [5.41, 5.74) is 3.38. The fourth-order valence-electron chi connectivity index (χ4n) is 2.23. The van der Waals surface area contributed by atoms with Crippen molar-refractivity contribution in [1.82, 2.24) is 0 Å². The lowest BCUT2D eigenvalue weighted by atomic mass is 10.2. The van der Waals surface area contributed by atoms with Gasteiger partial charge in [0.15, 0.2) is 0 Å². The molecule has 3 heteroatoms. The molecule has 0 unspecified atom stereocenters. The standard InChI is InChI=1S/C23H21NS2/c1-18-13-15-20(16-14-18)24-23(26-22-11-7-4-8-12-22)19(2)17-25-21-9-5-3-6-10-21/h3-17H,1-2H3/b19-17+,24-23?. The summed E-state index contributed by atoms with van der Waals surface area (Å²) in [6.45, 7) is 4.22. The maximum atomic E-state index is 4.91. The topological polar surface area (TPSA) is 12.4 Å². The molecule has 0 radical (unpaired) electrons. The van der Waals surface area contributed by atoms with Gasteiger partial charge in [-0.25, -0.2) is 4.99 Å². The first-order valence-electron chi connectivity index (χ1n) is 8.48. The smallest absolute Gasteiger partial charge is 0.105 e. The molecule has 0 amide bonds. The van der Waals surface area contributed by atoms with E-state index in [-0.39, 0.29) is 0 Å². The molecule has 0 heterocycles. The van der Waals surface area contributed by atoms with E-state index in [2.05, 4.69) is 92.1 Å². The Kier molecular flexibility index (Phi) is 6.75. The van der Waals surface area contributed by atoms with Crippen LogP contribution in [0, 0.1) is 6.92 Å². The van der Waals surface area contributed by atoms with E-state index in [1.54, 1.807) is 23.5 Å². The lowest BCUT2D eigenvalue weighted by molar-refractivity contribution is 1.43. The number of thioether (sulfide) groups is 2. The van der Waals surface area contributed by atoms with Gasteiger partial charge in [0.05, 0.1) is 5.69 Å². The van der Waals surface area contributed by atoms with Crippen LogP contribution in [0.4, 0.5) is 5.69 Å². The first kappa shape index (κ1) is 18.6. The third-order valence-electron chi connectivity index (χ3n) is 3.67. The van der Waals surface area contributed by atoms with Gasteiger partial charge in [-0.1, -0.05) is 77.6 Å². The van der Waals surface area contributed by atoms with Crippen LogP contribution in [0.25, 0.3) is 0 Å². The highest BCUT2D eigenvalue weighted by atomic mass is 32.2. The molecule has 0 saturated carbocycles. The lowest BCUT2D eigenvalue weighted by Crippen LogP contribution is -1.94. The Morgan fingerprint density at radius 3 is 1.96 bits per heavy atom. The van der Waals surface area contributed by atoms with Crippen LogP contribution in [-0.4, -0.2) is 5.04 Å². The molecule has 0 spiro atoms. The molecule has 0 bridgehead atoms. The molecule has 0 saturated heterocycles. The molecule has 0 aromatic heterocycles. The zero-order valence-electron chi connectivity index (χ0n) is 14.9. The lowest BCUT2D eigenvalue weighted by Gasteiger charge is -2.08. The molecule has 0 aliphatic rings. The Labute approximate surface area is 164 Å². The fourth-order valence-corrected chi connectivity index (χ4v) is 3.93. The second-order valence-corrected chi connectivity index (χ2v) is 7.90. The monoisotopic (exact) mass is 375 g/mol. The molecule has 0 atom stereocenters. The van der Waals surface area contributed by atoms with Crippen molar-refractivity contribution < 1.29 is 0 Å². The van der Waals surface area contributed by atoms with Crippen LogP contribution in [0.15, 0.2) is 111 Å². The van der Waals surface area contributed by atoms with E-state index in [0.29, 0.717) is 0 Å². The Hall–Kier alpha value is -2.23. The molecule has 3 aromatic rings. The second-order valence-electron chi connectivity index (χ2n) is 5.90. The summed E-state index contributed by atoms with van der Waals surface area (Å²) in [6, 6.07) is 29.1. The van der Waals surface area contributed by atoms with Crippen molar-refractivity contribution in [3.05, 3.63) is 101 Å². The Morgan fingerprint density at radius 1 is 0.769 bits per heavy atom. The summed E-state index contributed by atoms with van der Waals surface area (Å²) < 4.78 is 0. The molecular weight excluding hydrogens is 354 g/mol. The van der Waals surface area contributed by atoms with E-state index in [1.807, 2.05) is 12.1 Å². The molecular formula is C23H21NS2. The number of hydrogen-bond acceptors (Lipinski definition) is 3. The summed E-state index contributed by atoms with van der Waals surface area (Å²) in [4.78, 5) is 7.32. The molecule has 0 aliphatic carbocycles. The van der Waals surface area contributed by atoms with Gasteiger partial charge < -0.3 is 0 Å². The molecule has 0 fully saturated rings. The molecule has 0 N–H and O–H groups in total. The van der Waals surface area contributed by atoms with Gasteiger partial charge in [-0.05, 0) is 61.2 Å². The SMILES string of the molecule is C/C(=C\Sc1ccccc1)C(=Nc1ccc(C)cc1)Sc1ccccc1. The molecule has 130 valence electrons. The predicted molar refractivity (Wildman–Crippen MR) is 117 cm³/mol. The van der Waals surface area contributed by atoms with Gasteiger partial charge in [0.1, 0.15) is 5.04 Å². The third-order valence-corrected chi connectivity index (χ3v) is 5.80. The van der Waals surface area contributed by atoms with Crippen LogP contribution in [0.3, 0.4) is 0 Å². The van der Waals surface area contributed by atoms with Crippen LogP contribution >= 0.6 is 23.5 Å². The second kappa shape index (κ2) is 9.46. The van der Waals surface area contributed by atoms with E-state index in [4.69, 9.17) is 4.99 Å². The molecule has 1 nitrogen and oxygen atoms in total. The highest BCUT2D eigenvalue weighted by molar-refractivity contribution is 8.14. The summed E-state index contributed by atoms with van der Waals surface area (Å²) in [7, 11) is 0. The average Bonchev–Trinajstić information content (AvgIpc) is 2.69.